The molecule has 2 fully saturated rings. The molecule has 4 aliphatic heterocycles. The lowest BCUT2D eigenvalue weighted by Crippen LogP contribution is -2.45. The van der Waals surface area contributed by atoms with E-state index < -0.39 is 31.6 Å². The number of para-hydroxylation sites is 2. The molecule has 2 saturated heterocycles. The van der Waals surface area contributed by atoms with Crippen molar-refractivity contribution in [2.24, 2.45) is 5.92 Å². The van der Waals surface area contributed by atoms with Crippen molar-refractivity contribution in [2.45, 2.75) is 82.0 Å². The number of fused-ring (bicyclic) bond motifs is 3. The Bertz CT molecular complexity index is 1710. The number of nitrogens with zero attached hydrogens (tertiary/aromatic N) is 3. The molecule has 3 aromatic rings. The summed E-state index contributed by atoms with van der Waals surface area (Å²) in [5, 5.41) is 9.82. The van der Waals surface area contributed by atoms with Crippen LogP contribution in [0.5, 0.6) is 0 Å². The first-order valence-electron chi connectivity index (χ1n) is 16.7. The Morgan fingerprint density at radius 1 is 1.00 bits per heavy atom. The van der Waals surface area contributed by atoms with Crippen molar-refractivity contribution in [3.63, 3.8) is 0 Å². The van der Waals surface area contributed by atoms with Gasteiger partial charge in [0.2, 0.25) is 20.2 Å². The van der Waals surface area contributed by atoms with E-state index in [-0.39, 0.29) is 43.3 Å². The zero-order chi connectivity index (χ0) is 33.1. The third-order valence-corrected chi connectivity index (χ3v) is 13.2. The number of aryl methyl sites for hydroxylation is 1. The van der Waals surface area contributed by atoms with Crippen LogP contribution in [-0.4, -0.2) is 61.4 Å². The molecule has 0 saturated carbocycles. The number of carbonyl (C=O) groups excluding carboxylic acids is 3. The molecule has 0 unspecified atom stereocenters. The molecule has 3 amide bonds. The molecule has 1 N–H and O–H groups in total. The van der Waals surface area contributed by atoms with Gasteiger partial charge in [0, 0.05) is 35.7 Å². The van der Waals surface area contributed by atoms with Crippen LogP contribution in [0.4, 0.5) is 21.2 Å². The Morgan fingerprint density at radius 2 is 1.70 bits per heavy atom. The molecule has 8 nitrogen and oxygen atoms in total. The summed E-state index contributed by atoms with van der Waals surface area (Å²) >= 11 is 0. The minimum absolute atomic E-state index is 0.0249. The van der Waals surface area contributed by atoms with Crippen LogP contribution in [0.3, 0.4) is 0 Å². The Balaban J connectivity index is 1.18. The zero-order valence-electron chi connectivity index (χ0n) is 27.2. The third kappa shape index (κ3) is 5.21. The highest BCUT2D eigenvalue weighted by Crippen LogP contribution is 2.60. The Labute approximate surface area is 276 Å². The topological polar surface area (TPSA) is 90.4 Å². The van der Waals surface area contributed by atoms with E-state index in [2.05, 4.69) is 6.07 Å². The van der Waals surface area contributed by atoms with E-state index in [1.54, 1.807) is 27.8 Å². The number of rotatable bonds is 7. The molecule has 47 heavy (non-hydrogen) atoms. The lowest BCUT2D eigenvalue weighted by molar-refractivity contribution is -0.150. The number of aliphatic hydroxyl groups is 1. The fourth-order valence-corrected chi connectivity index (χ4v) is 11.1. The molecular formula is C37H42FN3O5Si. The number of aliphatic hydroxyl groups excluding tert-OH is 1. The minimum Gasteiger partial charge on any atom is -0.394 e. The summed E-state index contributed by atoms with van der Waals surface area (Å²) in [6, 6.07) is 23.0. The zero-order valence-corrected chi connectivity index (χ0v) is 28.2. The van der Waals surface area contributed by atoms with Crippen molar-refractivity contribution in [1.82, 2.24) is 4.90 Å². The summed E-state index contributed by atoms with van der Waals surface area (Å²) in [5.41, 5.74) is 3.12. The van der Waals surface area contributed by atoms with Gasteiger partial charge < -0.3 is 23.8 Å². The van der Waals surface area contributed by atoms with Gasteiger partial charge in [-0.25, -0.2) is 0 Å². The van der Waals surface area contributed by atoms with Crippen LogP contribution in [0.15, 0.2) is 72.8 Å². The van der Waals surface area contributed by atoms with E-state index in [1.807, 2.05) is 73.7 Å². The predicted molar refractivity (Wildman–Crippen MR) is 180 cm³/mol. The number of likely N-dealkylation sites (tertiary alicyclic amines) is 1. The van der Waals surface area contributed by atoms with E-state index in [1.165, 1.54) is 0 Å². The normalized spacial score (nSPS) is 27.1. The van der Waals surface area contributed by atoms with Gasteiger partial charge in [0.1, 0.15) is 0 Å². The van der Waals surface area contributed by atoms with Crippen molar-refractivity contribution in [3.05, 3.63) is 89.5 Å². The van der Waals surface area contributed by atoms with E-state index in [0.29, 0.717) is 18.5 Å². The van der Waals surface area contributed by atoms with E-state index in [4.69, 9.17) is 4.74 Å². The smallest absolute Gasteiger partial charge is 0.264 e. The van der Waals surface area contributed by atoms with Crippen LogP contribution in [0.25, 0.3) is 0 Å². The van der Waals surface area contributed by atoms with Crippen LogP contribution in [0.1, 0.15) is 49.3 Å². The first kappa shape index (κ1) is 31.7. The summed E-state index contributed by atoms with van der Waals surface area (Å²) in [6.45, 7) is 5.90. The molecule has 7 rings (SSSR count). The Hall–Kier alpha value is -3.86. The van der Waals surface area contributed by atoms with Gasteiger partial charge >= 0.3 is 0 Å². The van der Waals surface area contributed by atoms with Gasteiger partial charge in [-0.3, -0.25) is 19.3 Å². The lowest BCUT2D eigenvalue weighted by Gasteiger charge is -2.31. The number of ether oxygens (including phenoxy) is 1. The summed E-state index contributed by atoms with van der Waals surface area (Å²) in [4.78, 5) is 46.3. The van der Waals surface area contributed by atoms with Gasteiger partial charge in [0.25, 0.3) is 5.91 Å². The first-order chi connectivity index (χ1) is 22.5. The molecule has 0 bridgehead atoms. The fraction of sp³-hybridized carbons (Fsp3) is 0.432. The second kappa shape index (κ2) is 12.0. The first-order valence-corrected chi connectivity index (χ1v) is 19.7. The molecule has 4 aliphatic rings. The van der Waals surface area contributed by atoms with Crippen LogP contribution >= 0.6 is 0 Å². The monoisotopic (exact) mass is 655 g/mol. The number of halogens is 1. The highest BCUT2D eigenvalue weighted by Gasteiger charge is 2.67. The Morgan fingerprint density at radius 3 is 2.43 bits per heavy atom. The Kier molecular flexibility index (Phi) is 8.09. The lowest BCUT2D eigenvalue weighted by atomic mass is 9.82. The maximum Gasteiger partial charge on any atom is 0.264 e. The predicted octanol–water partition coefficient (Wildman–Crippen LogP) is 5.99. The number of hydrogen-bond donors (Lipinski definition) is 1. The van der Waals surface area contributed by atoms with E-state index >= 15 is 4.11 Å². The summed E-state index contributed by atoms with van der Waals surface area (Å²) in [5.74, 6) is -0.856. The molecule has 0 aliphatic carbocycles. The highest BCUT2D eigenvalue weighted by atomic mass is 28.4. The average Bonchev–Trinajstić information content (AvgIpc) is 3.72. The molecular weight excluding hydrogens is 614 g/mol. The van der Waals surface area contributed by atoms with Gasteiger partial charge in [-0.1, -0.05) is 55.5 Å². The average molecular weight is 656 g/mol. The number of benzene rings is 3. The highest BCUT2D eigenvalue weighted by molar-refractivity contribution is 6.72. The fourth-order valence-electron chi connectivity index (χ4n) is 8.65. The van der Waals surface area contributed by atoms with Gasteiger partial charge in [-0.2, -0.15) is 0 Å². The molecule has 10 heteroatoms. The molecule has 246 valence electrons. The number of hydrogen-bond acceptors (Lipinski definition) is 5. The minimum atomic E-state index is -3.42. The summed E-state index contributed by atoms with van der Waals surface area (Å²) in [7, 11) is -3.42. The molecule has 0 aromatic heterocycles. The SMILES string of the molecule is C[C@H]1[C@H]([Si](C)(C)F)[C@@H](CC(=O)N2CCC[C@H]2CO)O[C@]12C(=O)N(Cc1ccc(N3C(=O)CCc4ccccc43)cc1)c1ccccc12. The van der Waals surface area contributed by atoms with Crippen molar-refractivity contribution < 1.29 is 28.3 Å². The van der Waals surface area contributed by atoms with Crippen molar-refractivity contribution in [1.29, 1.82) is 0 Å². The molecule has 0 radical (unpaired) electrons. The van der Waals surface area contributed by atoms with E-state index in [9.17, 15) is 19.5 Å². The summed E-state index contributed by atoms with van der Waals surface area (Å²) < 4.78 is 23.0. The molecule has 4 heterocycles. The molecule has 5 atom stereocenters. The van der Waals surface area contributed by atoms with Gasteiger partial charge in [0.15, 0.2) is 5.60 Å². The second-order valence-electron chi connectivity index (χ2n) is 14.0. The van der Waals surface area contributed by atoms with Crippen LogP contribution in [0.2, 0.25) is 18.6 Å². The molecule has 1 spiro atoms. The second-order valence-corrected chi connectivity index (χ2v) is 17.8. The number of anilines is 3. The van der Waals surface area contributed by atoms with Crippen molar-refractivity contribution >= 4 is 43.2 Å². The van der Waals surface area contributed by atoms with Gasteiger partial charge in [-0.15, -0.1) is 0 Å². The van der Waals surface area contributed by atoms with Gasteiger partial charge in [-0.05, 0) is 67.7 Å². The van der Waals surface area contributed by atoms with Crippen LogP contribution in [0, 0.1) is 5.92 Å². The standard InChI is InChI=1S/C37H42FN3O5Si/c1-24-35(47(2,3)38)32(21-34(44)39-20-8-10-28(39)23-42)46-37(24)29-11-5-7-13-31(29)40(36(37)45)22-25-14-17-27(18-15-25)41-30-12-6-4-9-26(30)16-19-33(41)43/h4-7,9,11-15,17-18,24,28,32,35,42H,8,10,16,19-23H2,1-3H3/t24-,28-,32+,35-,37+/m0/s1. The van der Waals surface area contributed by atoms with Crippen LogP contribution in [-0.2, 0) is 37.7 Å². The van der Waals surface area contributed by atoms with Crippen molar-refractivity contribution in [3.8, 4) is 0 Å². The van der Waals surface area contributed by atoms with E-state index in [0.717, 1.165) is 47.5 Å². The number of amides is 3. The third-order valence-electron chi connectivity index (χ3n) is 10.8. The van der Waals surface area contributed by atoms with Gasteiger partial charge in [0.05, 0.1) is 43.1 Å². The van der Waals surface area contributed by atoms with Crippen LogP contribution < -0.4 is 9.80 Å². The number of carbonyl (C=O) groups is 3. The molecule has 3 aromatic carbocycles. The van der Waals surface area contributed by atoms with Crippen molar-refractivity contribution in [2.75, 3.05) is 23.0 Å². The maximum atomic E-state index is 16.2. The maximum absolute atomic E-state index is 16.2. The quantitative estimate of drug-likeness (QED) is 0.250. The largest absolute Gasteiger partial charge is 0.394 e. The summed E-state index contributed by atoms with van der Waals surface area (Å²) in [6.07, 6.45) is 1.95.